The molecule has 1 fully saturated rings. The Morgan fingerprint density at radius 3 is 2.38 bits per heavy atom. The summed E-state index contributed by atoms with van der Waals surface area (Å²) in [6, 6.07) is 14.0. The molecule has 0 aliphatic carbocycles. The fraction of sp³-hybridized carbons (Fsp3) is 0.172. The van der Waals surface area contributed by atoms with E-state index >= 15 is 0 Å². The van der Waals surface area contributed by atoms with Crippen molar-refractivity contribution >= 4 is 64.4 Å². The van der Waals surface area contributed by atoms with Gasteiger partial charge in [-0.05, 0) is 74.4 Å². The van der Waals surface area contributed by atoms with Gasteiger partial charge in [-0.3, -0.25) is 19.7 Å². The highest BCUT2D eigenvalue weighted by Crippen LogP contribution is 2.38. The number of anilines is 2. The standard InChI is InChI=1S/C29H25Cl2N3O6/c1-4-39-24-13-18(12-23(31)26(24)40-15-25(35)32-19-8-5-16(2)6-9-19)11-21-27(36)33-29(38)34(28(21)37)20-10-7-17(3)22(30)14-20/h5-14H,4,15H2,1-3H3,(H,32,35)(H,33,36,38)/b21-11+. The molecular weight excluding hydrogens is 557 g/mol. The number of nitrogens with zero attached hydrogens (tertiary/aromatic N) is 1. The van der Waals surface area contributed by atoms with Gasteiger partial charge in [0.05, 0.1) is 17.3 Å². The summed E-state index contributed by atoms with van der Waals surface area (Å²) in [6.45, 7) is 5.38. The molecule has 3 aromatic rings. The first-order valence-electron chi connectivity index (χ1n) is 12.2. The van der Waals surface area contributed by atoms with Gasteiger partial charge in [-0.1, -0.05) is 47.0 Å². The summed E-state index contributed by atoms with van der Waals surface area (Å²) in [5.74, 6) is -1.79. The Morgan fingerprint density at radius 1 is 0.975 bits per heavy atom. The lowest BCUT2D eigenvalue weighted by molar-refractivity contribution is -0.122. The zero-order valence-electron chi connectivity index (χ0n) is 21.8. The van der Waals surface area contributed by atoms with Crippen LogP contribution in [-0.4, -0.2) is 37.0 Å². The van der Waals surface area contributed by atoms with Gasteiger partial charge in [-0.2, -0.15) is 0 Å². The van der Waals surface area contributed by atoms with Gasteiger partial charge in [-0.25, -0.2) is 9.69 Å². The van der Waals surface area contributed by atoms with E-state index < -0.39 is 23.8 Å². The van der Waals surface area contributed by atoms with Gasteiger partial charge >= 0.3 is 6.03 Å². The van der Waals surface area contributed by atoms with Crippen molar-refractivity contribution < 1.29 is 28.7 Å². The smallest absolute Gasteiger partial charge is 0.335 e. The molecular formula is C29H25Cl2N3O6. The number of carbonyl (C=O) groups is 4. The minimum Gasteiger partial charge on any atom is -0.490 e. The van der Waals surface area contributed by atoms with Crippen LogP contribution in [0.4, 0.5) is 16.2 Å². The number of nitrogens with one attached hydrogen (secondary N) is 2. The van der Waals surface area contributed by atoms with Crippen molar-refractivity contribution in [2.45, 2.75) is 20.8 Å². The second-order valence-electron chi connectivity index (χ2n) is 8.86. The Bertz CT molecular complexity index is 1540. The molecule has 1 aliphatic rings. The van der Waals surface area contributed by atoms with Crippen LogP contribution < -0.4 is 25.0 Å². The maximum Gasteiger partial charge on any atom is 0.335 e. The van der Waals surface area contributed by atoms with Crippen LogP contribution in [-0.2, 0) is 14.4 Å². The number of imide groups is 2. The molecule has 2 N–H and O–H groups in total. The molecule has 11 heteroatoms. The van der Waals surface area contributed by atoms with E-state index in [-0.39, 0.29) is 41.0 Å². The van der Waals surface area contributed by atoms with E-state index in [4.69, 9.17) is 32.7 Å². The summed E-state index contributed by atoms with van der Waals surface area (Å²) in [7, 11) is 0. The van der Waals surface area contributed by atoms with Gasteiger partial charge in [0.25, 0.3) is 17.7 Å². The molecule has 1 heterocycles. The zero-order valence-corrected chi connectivity index (χ0v) is 23.4. The molecule has 40 heavy (non-hydrogen) atoms. The van der Waals surface area contributed by atoms with Crippen molar-refractivity contribution in [2.75, 3.05) is 23.4 Å². The van der Waals surface area contributed by atoms with Crippen molar-refractivity contribution in [3.63, 3.8) is 0 Å². The van der Waals surface area contributed by atoms with Crippen molar-refractivity contribution in [3.8, 4) is 11.5 Å². The van der Waals surface area contributed by atoms with Crippen LogP contribution in [0.3, 0.4) is 0 Å². The first-order valence-corrected chi connectivity index (χ1v) is 13.0. The summed E-state index contributed by atoms with van der Waals surface area (Å²) in [5, 5.41) is 5.34. The zero-order chi connectivity index (χ0) is 29.0. The predicted molar refractivity (Wildman–Crippen MR) is 153 cm³/mol. The normalized spacial score (nSPS) is 14.3. The molecule has 9 nitrogen and oxygen atoms in total. The number of hydrogen-bond donors (Lipinski definition) is 2. The summed E-state index contributed by atoms with van der Waals surface area (Å²) < 4.78 is 11.3. The van der Waals surface area contributed by atoms with Crippen LogP contribution in [0.25, 0.3) is 6.08 Å². The first kappa shape index (κ1) is 28.7. The van der Waals surface area contributed by atoms with Crippen LogP contribution in [0.2, 0.25) is 10.0 Å². The lowest BCUT2D eigenvalue weighted by Gasteiger charge is -2.26. The highest BCUT2D eigenvalue weighted by Gasteiger charge is 2.37. The third kappa shape index (κ3) is 6.44. The molecule has 3 aromatic carbocycles. The highest BCUT2D eigenvalue weighted by molar-refractivity contribution is 6.39. The van der Waals surface area contributed by atoms with Crippen LogP contribution in [0.5, 0.6) is 11.5 Å². The molecule has 0 spiro atoms. The van der Waals surface area contributed by atoms with E-state index in [1.165, 1.54) is 24.3 Å². The van der Waals surface area contributed by atoms with Crippen molar-refractivity contribution in [3.05, 3.63) is 86.9 Å². The average Bonchev–Trinajstić information content (AvgIpc) is 2.89. The maximum absolute atomic E-state index is 13.3. The molecule has 0 saturated carbocycles. The topological polar surface area (TPSA) is 114 Å². The number of rotatable bonds is 8. The molecule has 4 rings (SSSR count). The number of aryl methyl sites for hydroxylation is 2. The van der Waals surface area contributed by atoms with Crippen molar-refractivity contribution in [1.29, 1.82) is 0 Å². The van der Waals surface area contributed by atoms with Crippen LogP contribution >= 0.6 is 23.2 Å². The third-order valence-corrected chi connectivity index (χ3v) is 6.53. The van der Waals surface area contributed by atoms with Gasteiger partial charge in [-0.15, -0.1) is 0 Å². The third-order valence-electron chi connectivity index (χ3n) is 5.84. The highest BCUT2D eigenvalue weighted by atomic mass is 35.5. The lowest BCUT2D eigenvalue weighted by Crippen LogP contribution is -2.54. The molecule has 0 unspecified atom stereocenters. The van der Waals surface area contributed by atoms with Gasteiger partial charge < -0.3 is 14.8 Å². The summed E-state index contributed by atoms with van der Waals surface area (Å²) in [4.78, 5) is 51.6. The summed E-state index contributed by atoms with van der Waals surface area (Å²) >= 11 is 12.6. The number of carbonyl (C=O) groups excluding carboxylic acids is 4. The van der Waals surface area contributed by atoms with Crippen molar-refractivity contribution in [1.82, 2.24) is 5.32 Å². The van der Waals surface area contributed by atoms with Gasteiger partial charge in [0, 0.05) is 10.7 Å². The number of hydrogen-bond acceptors (Lipinski definition) is 6. The van der Waals surface area contributed by atoms with Gasteiger partial charge in [0.15, 0.2) is 18.1 Å². The summed E-state index contributed by atoms with van der Waals surface area (Å²) in [5.41, 5.74) is 2.67. The molecule has 206 valence electrons. The van der Waals surface area contributed by atoms with Crippen LogP contribution in [0, 0.1) is 13.8 Å². The predicted octanol–water partition coefficient (Wildman–Crippen LogP) is 5.69. The van der Waals surface area contributed by atoms with E-state index in [2.05, 4.69) is 10.6 Å². The number of barbiturate groups is 1. The average molecular weight is 582 g/mol. The molecule has 0 aromatic heterocycles. The monoisotopic (exact) mass is 581 g/mol. The molecule has 5 amide bonds. The fourth-order valence-electron chi connectivity index (χ4n) is 3.83. The Balaban J connectivity index is 1.58. The van der Waals surface area contributed by atoms with Gasteiger partial charge in [0.2, 0.25) is 0 Å². The van der Waals surface area contributed by atoms with E-state index in [1.807, 2.05) is 19.1 Å². The number of urea groups is 1. The second-order valence-corrected chi connectivity index (χ2v) is 9.67. The maximum atomic E-state index is 13.3. The molecule has 0 radical (unpaired) electrons. The van der Waals surface area contributed by atoms with E-state index in [0.717, 1.165) is 16.0 Å². The first-order chi connectivity index (χ1) is 19.1. The largest absolute Gasteiger partial charge is 0.490 e. The minimum atomic E-state index is -0.896. The Labute approximate surface area is 240 Å². The SMILES string of the molecule is CCOc1cc(/C=C2\C(=O)NC(=O)N(c3ccc(C)c(Cl)c3)C2=O)cc(Cl)c1OCC(=O)Nc1ccc(C)cc1. The fourth-order valence-corrected chi connectivity index (χ4v) is 4.27. The lowest BCUT2D eigenvalue weighted by atomic mass is 10.1. The van der Waals surface area contributed by atoms with Gasteiger partial charge in [0.1, 0.15) is 5.57 Å². The number of halogens is 2. The van der Waals surface area contributed by atoms with E-state index in [0.29, 0.717) is 16.3 Å². The van der Waals surface area contributed by atoms with Crippen LogP contribution in [0.1, 0.15) is 23.6 Å². The molecule has 1 saturated heterocycles. The second kappa shape index (κ2) is 12.2. The number of benzene rings is 3. The van der Waals surface area contributed by atoms with Crippen molar-refractivity contribution in [2.24, 2.45) is 0 Å². The van der Waals surface area contributed by atoms with E-state index in [9.17, 15) is 19.2 Å². The molecule has 1 aliphatic heterocycles. The quantitative estimate of drug-likeness (QED) is 0.261. The molecule has 0 bridgehead atoms. The Hall–Kier alpha value is -4.34. The number of ether oxygens (including phenoxy) is 2. The Morgan fingerprint density at radius 2 is 1.70 bits per heavy atom. The summed E-state index contributed by atoms with van der Waals surface area (Å²) in [6.07, 6.45) is 1.29. The Kier molecular flexibility index (Phi) is 8.77. The van der Waals surface area contributed by atoms with E-state index in [1.54, 1.807) is 38.1 Å². The molecule has 0 atom stereocenters. The number of amides is 5. The van der Waals surface area contributed by atoms with Crippen LogP contribution in [0.15, 0.2) is 60.2 Å². The minimum absolute atomic E-state index is 0.0860.